The van der Waals surface area contributed by atoms with Gasteiger partial charge in [-0.25, -0.2) is 0 Å². The zero-order valence-electron chi connectivity index (χ0n) is 14.8. The summed E-state index contributed by atoms with van der Waals surface area (Å²) in [5.41, 5.74) is 2.00. The Morgan fingerprint density at radius 2 is 1.89 bits per heavy atom. The topological polar surface area (TPSA) is 107 Å². The van der Waals surface area contributed by atoms with Crippen LogP contribution in [0.2, 0.25) is 5.02 Å². The highest BCUT2D eigenvalue weighted by Gasteiger charge is 2.15. The number of carbonyl (C=O) groups is 1. The number of rotatable bonds is 6. The predicted octanol–water partition coefficient (Wildman–Crippen LogP) is 4.36. The van der Waals surface area contributed by atoms with Crippen molar-refractivity contribution in [3.05, 3.63) is 75.3 Å². The Morgan fingerprint density at radius 3 is 2.46 bits per heavy atom. The van der Waals surface area contributed by atoms with E-state index in [9.17, 15) is 14.9 Å². The van der Waals surface area contributed by atoms with E-state index >= 15 is 0 Å². The van der Waals surface area contributed by atoms with Crippen molar-refractivity contribution in [2.24, 2.45) is 0 Å². The van der Waals surface area contributed by atoms with Gasteiger partial charge in [-0.2, -0.15) is 0 Å². The summed E-state index contributed by atoms with van der Waals surface area (Å²) in [6, 6.07) is 14.2. The average molecular weight is 399 g/mol. The van der Waals surface area contributed by atoms with Gasteiger partial charge in [0.1, 0.15) is 0 Å². The first-order valence-electron chi connectivity index (χ1n) is 8.30. The summed E-state index contributed by atoms with van der Waals surface area (Å²) in [6.45, 7) is 2.38. The summed E-state index contributed by atoms with van der Waals surface area (Å²) in [6.07, 6.45) is 0. The van der Waals surface area contributed by atoms with E-state index < -0.39 is 10.8 Å². The Hall–Kier alpha value is -3.52. The van der Waals surface area contributed by atoms with Crippen molar-refractivity contribution in [2.45, 2.75) is 6.92 Å². The van der Waals surface area contributed by atoms with Gasteiger partial charge in [0.05, 0.1) is 27.8 Å². The SMILES string of the molecule is CCOc1ccc(-c2ccc(NC(=O)c3ccc([N+](=O)[O-])cc3Cl)cc2)nn1. The number of benzene rings is 2. The molecule has 0 aliphatic rings. The van der Waals surface area contributed by atoms with Gasteiger partial charge in [-0.15, -0.1) is 10.2 Å². The van der Waals surface area contributed by atoms with E-state index in [0.29, 0.717) is 23.9 Å². The summed E-state index contributed by atoms with van der Waals surface area (Å²) >= 11 is 5.98. The molecule has 2 aromatic carbocycles. The molecule has 8 nitrogen and oxygen atoms in total. The number of aromatic nitrogens is 2. The quantitative estimate of drug-likeness (QED) is 0.488. The lowest BCUT2D eigenvalue weighted by Gasteiger charge is -2.08. The standard InChI is InChI=1S/C19H15ClN4O4/c1-2-28-18-10-9-17(22-23-18)12-3-5-13(6-4-12)21-19(25)15-8-7-14(24(26)27)11-16(15)20/h3-11H,2H2,1H3,(H,21,25). The third-order valence-corrected chi connectivity index (χ3v) is 4.09. The lowest BCUT2D eigenvalue weighted by molar-refractivity contribution is -0.384. The van der Waals surface area contributed by atoms with Gasteiger partial charge in [0.2, 0.25) is 5.88 Å². The fourth-order valence-electron chi connectivity index (χ4n) is 2.42. The molecule has 0 radical (unpaired) electrons. The molecular formula is C19H15ClN4O4. The number of carbonyl (C=O) groups excluding carboxylic acids is 1. The molecule has 0 saturated carbocycles. The van der Waals surface area contributed by atoms with Gasteiger partial charge in [0, 0.05) is 29.4 Å². The average Bonchev–Trinajstić information content (AvgIpc) is 2.69. The first-order chi connectivity index (χ1) is 13.5. The van der Waals surface area contributed by atoms with Crippen LogP contribution in [-0.4, -0.2) is 27.6 Å². The Labute approximate surface area is 165 Å². The highest BCUT2D eigenvalue weighted by molar-refractivity contribution is 6.34. The Balaban J connectivity index is 1.71. The lowest BCUT2D eigenvalue weighted by Crippen LogP contribution is -2.12. The van der Waals surface area contributed by atoms with Crippen LogP contribution in [0.25, 0.3) is 11.3 Å². The molecule has 0 aliphatic heterocycles. The van der Waals surface area contributed by atoms with Crippen LogP contribution >= 0.6 is 11.6 Å². The highest BCUT2D eigenvalue weighted by atomic mass is 35.5. The number of non-ortho nitro benzene ring substituents is 1. The number of nitrogens with zero attached hydrogens (tertiary/aromatic N) is 3. The number of amides is 1. The van der Waals surface area contributed by atoms with Gasteiger partial charge in [-0.3, -0.25) is 14.9 Å². The minimum absolute atomic E-state index is 0.00739. The van der Waals surface area contributed by atoms with Crippen molar-refractivity contribution in [1.82, 2.24) is 10.2 Å². The van der Waals surface area contributed by atoms with E-state index in [0.717, 1.165) is 11.6 Å². The number of nitro groups is 1. The van der Waals surface area contributed by atoms with E-state index in [4.69, 9.17) is 16.3 Å². The van der Waals surface area contributed by atoms with E-state index in [1.54, 1.807) is 36.4 Å². The molecule has 142 valence electrons. The molecule has 3 aromatic rings. The Kier molecular flexibility index (Phi) is 5.81. The van der Waals surface area contributed by atoms with Crippen LogP contribution in [0.4, 0.5) is 11.4 Å². The molecule has 0 saturated heterocycles. The van der Waals surface area contributed by atoms with Crippen molar-refractivity contribution >= 4 is 28.9 Å². The van der Waals surface area contributed by atoms with Crippen molar-refractivity contribution < 1.29 is 14.5 Å². The van der Waals surface area contributed by atoms with Crippen molar-refractivity contribution in [2.75, 3.05) is 11.9 Å². The largest absolute Gasteiger partial charge is 0.477 e. The maximum absolute atomic E-state index is 12.4. The van der Waals surface area contributed by atoms with Crippen molar-refractivity contribution in [1.29, 1.82) is 0 Å². The molecule has 1 N–H and O–H groups in total. The summed E-state index contributed by atoms with van der Waals surface area (Å²) in [5, 5.41) is 21.6. The number of nitro benzene ring substituents is 1. The first-order valence-corrected chi connectivity index (χ1v) is 8.68. The van der Waals surface area contributed by atoms with E-state index in [-0.39, 0.29) is 16.3 Å². The fourth-order valence-corrected chi connectivity index (χ4v) is 2.68. The third-order valence-electron chi connectivity index (χ3n) is 3.78. The number of anilines is 1. The van der Waals surface area contributed by atoms with Crippen LogP contribution in [0.15, 0.2) is 54.6 Å². The van der Waals surface area contributed by atoms with Crippen LogP contribution in [-0.2, 0) is 0 Å². The molecule has 3 rings (SSSR count). The van der Waals surface area contributed by atoms with Crippen LogP contribution in [0.5, 0.6) is 5.88 Å². The van der Waals surface area contributed by atoms with Crippen molar-refractivity contribution in [3.8, 4) is 17.1 Å². The number of halogens is 1. The molecular weight excluding hydrogens is 384 g/mol. The van der Waals surface area contributed by atoms with Gasteiger partial charge in [-0.05, 0) is 31.2 Å². The zero-order valence-corrected chi connectivity index (χ0v) is 15.5. The molecule has 1 heterocycles. The molecule has 1 aromatic heterocycles. The first kappa shape index (κ1) is 19.2. The summed E-state index contributed by atoms with van der Waals surface area (Å²) in [7, 11) is 0. The molecule has 28 heavy (non-hydrogen) atoms. The second-order valence-electron chi connectivity index (χ2n) is 5.64. The summed E-state index contributed by atoms with van der Waals surface area (Å²) < 4.78 is 5.26. The van der Waals surface area contributed by atoms with Gasteiger partial charge in [-0.1, -0.05) is 23.7 Å². The van der Waals surface area contributed by atoms with E-state index in [1.807, 2.05) is 6.92 Å². The number of ether oxygens (including phenoxy) is 1. The van der Waals surface area contributed by atoms with Crippen LogP contribution in [0.1, 0.15) is 17.3 Å². The molecule has 0 spiro atoms. The van der Waals surface area contributed by atoms with Gasteiger partial charge in [0.15, 0.2) is 0 Å². The second kappa shape index (κ2) is 8.45. The maximum atomic E-state index is 12.4. The minimum atomic E-state index is -0.573. The smallest absolute Gasteiger partial charge is 0.270 e. The summed E-state index contributed by atoms with van der Waals surface area (Å²) in [4.78, 5) is 22.6. The molecule has 0 atom stereocenters. The minimum Gasteiger partial charge on any atom is -0.477 e. The van der Waals surface area contributed by atoms with Crippen LogP contribution in [0.3, 0.4) is 0 Å². The normalized spacial score (nSPS) is 10.4. The molecule has 0 bridgehead atoms. The molecule has 0 unspecified atom stereocenters. The Morgan fingerprint density at radius 1 is 1.14 bits per heavy atom. The van der Waals surface area contributed by atoms with Gasteiger partial charge < -0.3 is 10.1 Å². The lowest BCUT2D eigenvalue weighted by atomic mass is 10.1. The Bertz CT molecular complexity index is 1010. The van der Waals surface area contributed by atoms with Crippen LogP contribution in [0, 0.1) is 10.1 Å². The number of hydrogen-bond acceptors (Lipinski definition) is 6. The van der Waals surface area contributed by atoms with Crippen LogP contribution < -0.4 is 10.1 Å². The monoisotopic (exact) mass is 398 g/mol. The maximum Gasteiger partial charge on any atom is 0.270 e. The molecule has 1 amide bonds. The van der Waals surface area contributed by atoms with E-state index in [1.165, 1.54) is 12.1 Å². The third kappa shape index (κ3) is 4.41. The number of hydrogen-bond donors (Lipinski definition) is 1. The second-order valence-corrected chi connectivity index (χ2v) is 6.05. The highest BCUT2D eigenvalue weighted by Crippen LogP contribution is 2.24. The zero-order chi connectivity index (χ0) is 20.1. The number of nitrogens with one attached hydrogen (secondary N) is 1. The molecule has 9 heteroatoms. The molecule has 0 aliphatic carbocycles. The van der Waals surface area contributed by atoms with Gasteiger partial charge in [0.25, 0.3) is 11.6 Å². The fraction of sp³-hybridized carbons (Fsp3) is 0.105. The van der Waals surface area contributed by atoms with Crippen molar-refractivity contribution in [3.63, 3.8) is 0 Å². The molecule has 0 fully saturated rings. The van der Waals surface area contributed by atoms with E-state index in [2.05, 4.69) is 15.5 Å². The summed E-state index contributed by atoms with van der Waals surface area (Å²) in [5.74, 6) is -0.0105. The predicted molar refractivity (Wildman–Crippen MR) is 105 cm³/mol. The van der Waals surface area contributed by atoms with Gasteiger partial charge >= 0.3 is 0 Å².